The first-order valence-corrected chi connectivity index (χ1v) is 10.1. The van der Waals surface area contributed by atoms with Crippen LogP contribution in [0.5, 0.6) is 0 Å². The Balaban J connectivity index is 1.55. The molecular weight excluding hydrogens is 403 g/mol. The number of hydrogen-bond acceptors (Lipinski definition) is 4. The van der Waals surface area contributed by atoms with Crippen LogP contribution in [0.25, 0.3) is 0 Å². The minimum Gasteiger partial charge on any atom is -0.337 e. The van der Waals surface area contributed by atoms with Crippen molar-refractivity contribution in [3.63, 3.8) is 0 Å². The molecule has 2 saturated heterocycles. The standard InChI is InChI=1S/C20H20F3N3O2S/c1-24-10-17(27)26(16-5-8-29-11-16)13-19(24)6-7-25(12-19)18(28)14-3-2-4-15(9-14)20(21,22)23/h2-5,8-9,11H,6-7,10,12-13H2,1H3/t19-/m0/s1. The summed E-state index contributed by atoms with van der Waals surface area (Å²) in [5, 5.41) is 3.82. The summed E-state index contributed by atoms with van der Waals surface area (Å²) in [5.74, 6) is -0.417. The summed E-state index contributed by atoms with van der Waals surface area (Å²) >= 11 is 1.51. The van der Waals surface area contributed by atoms with Gasteiger partial charge in [0.15, 0.2) is 0 Å². The van der Waals surface area contributed by atoms with Crippen molar-refractivity contribution in [3.05, 3.63) is 52.2 Å². The fraction of sp³-hybridized carbons (Fsp3) is 0.400. The molecule has 1 aromatic carbocycles. The molecule has 0 N–H and O–H groups in total. The van der Waals surface area contributed by atoms with E-state index >= 15 is 0 Å². The Morgan fingerprint density at radius 3 is 2.69 bits per heavy atom. The summed E-state index contributed by atoms with van der Waals surface area (Å²) < 4.78 is 39.0. The van der Waals surface area contributed by atoms with Crippen molar-refractivity contribution >= 4 is 28.8 Å². The van der Waals surface area contributed by atoms with Gasteiger partial charge >= 0.3 is 6.18 Å². The second kappa shape index (κ2) is 7.14. The van der Waals surface area contributed by atoms with Gasteiger partial charge in [0, 0.05) is 30.6 Å². The van der Waals surface area contributed by atoms with Crippen LogP contribution in [0, 0.1) is 0 Å². The fourth-order valence-corrected chi connectivity index (χ4v) is 4.73. The third-order valence-electron chi connectivity index (χ3n) is 5.81. The van der Waals surface area contributed by atoms with Crippen LogP contribution in [-0.4, -0.2) is 60.4 Å². The third kappa shape index (κ3) is 3.64. The van der Waals surface area contributed by atoms with Gasteiger partial charge in [0.05, 0.1) is 23.3 Å². The number of benzene rings is 1. The zero-order chi connectivity index (χ0) is 20.8. The maximum atomic E-state index is 13.0. The van der Waals surface area contributed by atoms with E-state index in [0.29, 0.717) is 26.1 Å². The van der Waals surface area contributed by atoms with Gasteiger partial charge in [0.25, 0.3) is 5.91 Å². The average molecular weight is 423 g/mol. The summed E-state index contributed by atoms with van der Waals surface area (Å²) in [6, 6.07) is 6.42. The molecule has 0 unspecified atom stereocenters. The number of nitrogens with zero attached hydrogens (tertiary/aromatic N) is 3. The first-order chi connectivity index (χ1) is 13.7. The summed E-state index contributed by atoms with van der Waals surface area (Å²) in [4.78, 5) is 30.7. The fourth-order valence-electron chi connectivity index (χ4n) is 4.09. The monoisotopic (exact) mass is 423 g/mol. The lowest BCUT2D eigenvalue weighted by Crippen LogP contribution is -2.64. The van der Waals surface area contributed by atoms with Crippen LogP contribution >= 0.6 is 11.3 Å². The van der Waals surface area contributed by atoms with Crippen LogP contribution in [0.4, 0.5) is 18.9 Å². The summed E-state index contributed by atoms with van der Waals surface area (Å²) in [5.41, 5.74) is -0.370. The van der Waals surface area contributed by atoms with Gasteiger partial charge in [-0.3, -0.25) is 14.5 Å². The van der Waals surface area contributed by atoms with Gasteiger partial charge in [-0.15, -0.1) is 0 Å². The number of hydrogen-bond donors (Lipinski definition) is 0. The summed E-state index contributed by atoms with van der Waals surface area (Å²) in [7, 11) is 1.86. The zero-order valence-corrected chi connectivity index (χ0v) is 16.6. The van der Waals surface area contributed by atoms with E-state index in [9.17, 15) is 22.8 Å². The van der Waals surface area contributed by atoms with Crippen LogP contribution < -0.4 is 4.90 Å². The molecule has 0 bridgehead atoms. The molecule has 2 aliphatic rings. The molecule has 2 aromatic rings. The van der Waals surface area contributed by atoms with Crippen molar-refractivity contribution in [2.75, 3.05) is 38.1 Å². The molecule has 2 fully saturated rings. The molecule has 1 atom stereocenters. The number of alkyl halides is 3. The molecule has 1 spiro atoms. The molecule has 3 heterocycles. The van der Waals surface area contributed by atoms with Gasteiger partial charge in [0.1, 0.15) is 0 Å². The highest BCUT2D eigenvalue weighted by atomic mass is 32.1. The van der Waals surface area contributed by atoms with Crippen molar-refractivity contribution < 1.29 is 22.8 Å². The van der Waals surface area contributed by atoms with Gasteiger partial charge in [-0.05, 0) is 43.1 Å². The van der Waals surface area contributed by atoms with Gasteiger partial charge in [-0.1, -0.05) is 6.07 Å². The molecular formula is C20H20F3N3O2S. The molecule has 2 amide bonds. The number of amides is 2. The molecule has 9 heteroatoms. The second-order valence-corrected chi connectivity index (χ2v) is 8.38. The van der Waals surface area contributed by atoms with Gasteiger partial charge in [-0.2, -0.15) is 24.5 Å². The van der Waals surface area contributed by atoms with Gasteiger partial charge in [-0.25, -0.2) is 0 Å². The molecule has 29 heavy (non-hydrogen) atoms. The van der Waals surface area contributed by atoms with Crippen LogP contribution in [-0.2, 0) is 11.0 Å². The summed E-state index contributed by atoms with van der Waals surface area (Å²) in [6.07, 6.45) is -3.84. The SMILES string of the molecule is CN1CC(=O)N(c2ccsc2)C[C@@]12CCN(C(=O)c1cccc(C(F)(F)F)c1)C2. The molecule has 0 radical (unpaired) electrons. The first kappa shape index (κ1) is 19.9. The number of carbonyl (C=O) groups is 2. The Morgan fingerprint density at radius 1 is 1.21 bits per heavy atom. The number of carbonyl (C=O) groups excluding carboxylic acids is 2. The smallest absolute Gasteiger partial charge is 0.337 e. The maximum absolute atomic E-state index is 13.0. The van der Waals surface area contributed by atoms with Crippen molar-refractivity contribution in [1.29, 1.82) is 0 Å². The minimum absolute atomic E-state index is 0.000759. The van der Waals surface area contributed by atoms with Crippen molar-refractivity contribution in [2.45, 2.75) is 18.1 Å². The highest BCUT2D eigenvalue weighted by molar-refractivity contribution is 7.08. The first-order valence-electron chi connectivity index (χ1n) is 9.20. The van der Waals surface area contributed by atoms with Crippen molar-refractivity contribution in [2.24, 2.45) is 0 Å². The molecule has 0 saturated carbocycles. The van der Waals surface area contributed by atoms with Crippen LogP contribution in [0.3, 0.4) is 0 Å². The largest absolute Gasteiger partial charge is 0.416 e. The lowest BCUT2D eigenvalue weighted by molar-refractivity contribution is -0.137. The van der Waals surface area contributed by atoms with E-state index in [4.69, 9.17) is 0 Å². The number of anilines is 1. The summed E-state index contributed by atoms with van der Waals surface area (Å²) in [6.45, 7) is 1.49. The molecule has 154 valence electrons. The quantitative estimate of drug-likeness (QED) is 0.744. The predicted molar refractivity (Wildman–Crippen MR) is 104 cm³/mol. The lowest BCUT2D eigenvalue weighted by atomic mass is 9.93. The Labute approximate surface area is 170 Å². The highest BCUT2D eigenvalue weighted by Gasteiger charge is 2.49. The number of rotatable bonds is 2. The average Bonchev–Trinajstić information content (AvgIpc) is 3.35. The van der Waals surface area contributed by atoms with Crippen LogP contribution in [0.1, 0.15) is 22.3 Å². The second-order valence-electron chi connectivity index (χ2n) is 7.60. The van der Waals surface area contributed by atoms with E-state index in [1.165, 1.54) is 23.5 Å². The number of piperazine rings is 1. The minimum atomic E-state index is -4.49. The van der Waals surface area contributed by atoms with E-state index in [1.807, 2.05) is 28.8 Å². The normalized spacial score (nSPS) is 23.2. The van der Waals surface area contributed by atoms with Crippen LogP contribution in [0.15, 0.2) is 41.1 Å². The van der Waals surface area contributed by atoms with E-state index < -0.39 is 23.2 Å². The van der Waals surface area contributed by atoms with Crippen LogP contribution in [0.2, 0.25) is 0 Å². The molecule has 1 aromatic heterocycles. The number of halogens is 3. The van der Waals surface area contributed by atoms with Crippen molar-refractivity contribution in [1.82, 2.24) is 9.80 Å². The Bertz CT molecular complexity index is 931. The molecule has 2 aliphatic heterocycles. The van der Waals surface area contributed by atoms with Gasteiger partial charge in [0.2, 0.25) is 5.91 Å². The van der Waals surface area contributed by atoms with E-state index in [2.05, 4.69) is 0 Å². The number of likely N-dealkylation sites (tertiary alicyclic amines) is 1. The lowest BCUT2D eigenvalue weighted by Gasteiger charge is -2.46. The third-order valence-corrected chi connectivity index (χ3v) is 6.48. The van der Waals surface area contributed by atoms with Crippen molar-refractivity contribution in [3.8, 4) is 0 Å². The Kier molecular flexibility index (Phi) is 4.90. The molecule has 5 nitrogen and oxygen atoms in total. The Morgan fingerprint density at radius 2 is 2.00 bits per heavy atom. The maximum Gasteiger partial charge on any atom is 0.416 e. The molecule has 4 rings (SSSR count). The number of likely N-dealkylation sites (N-methyl/N-ethyl adjacent to an activating group) is 1. The van der Waals surface area contributed by atoms with E-state index in [-0.39, 0.29) is 18.0 Å². The Hall–Kier alpha value is -2.39. The zero-order valence-electron chi connectivity index (χ0n) is 15.8. The van der Waals surface area contributed by atoms with E-state index in [0.717, 1.165) is 17.8 Å². The van der Waals surface area contributed by atoms with Gasteiger partial charge < -0.3 is 9.80 Å². The topological polar surface area (TPSA) is 43.9 Å². The molecule has 0 aliphatic carbocycles. The highest BCUT2D eigenvalue weighted by Crippen LogP contribution is 2.35. The van der Waals surface area contributed by atoms with E-state index in [1.54, 1.807) is 9.80 Å². The predicted octanol–water partition coefficient (Wildman–Crippen LogP) is 3.33. The number of thiophene rings is 1.